The van der Waals surface area contributed by atoms with Crippen LogP contribution in [-0.2, 0) is 16.0 Å². The zero-order valence-corrected chi connectivity index (χ0v) is 13.1. The predicted octanol–water partition coefficient (Wildman–Crippen LogP) is 1.26. The molecular formula is C15H22N4O2. The third-order valence-corrected chi connectivity index (χ3v) is 3.21. The molecule has 1 N–H and O–H groups in total. The van der Waals surface area contributed by atoms with E-state index in [9.17, 15) is 4.79 Å². The summed E-state index contributed by atoms with van der Waals surface area (Å²) in [6.07, 6.45) is 2.52. The first-order valence-electron chi connectivity index (χ1n) is 7.16. The number of likely N-dealkylation sites (N-methyl/N-ethyl adjacent to an activating group) is 1. The Hall–Kier alpha value is -1.95. The lowest BCUT2D eigenvalue weighted by Crippen LogP contribution is -2.22. The topological polar surface area (TPSA) is 67.3 Å². The van der Waals surface area contributed by atoms with Crippen LogP contribution in [0.5, 0.6) is 0 Å². The Morgan fingerprint density at radius 2 is 2.19 bits per heavy atom. The first-order chi connectivity index (χ1) is 10.0. The number of nitrogens with one attached hydrogen (secondary N) is 1. The number of anilines is 1. The van der Waals surface area contributed by atoms with E-state index in [4.69, 9.17) is 4.74 Å². The molecule has 1 aliphatic rings. The maximum Gasteiger partial charge on any atom is 0.338 e. The van der Waals surface area contributed by atoms with E-state index in [1.54, 1.807) is 6.92 Å². The smallest absolute Gasteiger partial charge is 0.338 e. The zero-order valence-electron chi connectivity index (χ0n) is 13.1. The van der Waals surface area contributed by atoms with Gasteiger partial charge in [-0.05, 0) is 27.9 Å². The van der Waals surface area contributed by atoms with Crippen LogP contribution in [0.4, 0.5) is 5.82 Å². The number of hydrogen-bond donors (Lipinski definition) is 1. The van der Waals surface area contributed by atoms with Crippen molar-refractivity contribution in [3.05, 3.63) is 23.2 Å². The number of carbonyl (C=O) groups is 1. The van der Waals surface area contributed by atoms with Crippen LogP contribution in [0.15, 0.2) is 6.08 Å². The Kier molecular flexibility index (Phi) is 4.90. The highest BCUT2D eigenvalue weighted by Gasteiger charge is 2.26. The molecule has 0 aromatic carbocycles. The molecule has 114 valence electrons. The van der Waals surface area contributed by atoms with E-state index in [1.165, 1.54) is 0 Å². The Balaban J connectivity index is 2.26. The summed E-state index contributed by atoms with van der Waals surface area (Å²) in [5.74, 6) is 1.12. The summed E-state index contributed by atoms with van der Waals surface area (Å²) >= 11 is 0. The maximum absolute atomic E-state index is 12.0. The quantitative estimate of drug-likeness (QED) is 0.796. The number of esters is 1. The number of ether oxygens (including phenoxy) is 1. The standard InChI is InChI=1S/C15H22N4O2/c1-5-21-15(20)11-6-7-12-13(11)14(18-10(2)17-12)16-8-9-19(3)4/h6H,5,7-9H2,1-4H3,(H,16,17,18). The van der Waals surface area contributed by atoms with E-state index in [2.05, 4.69) is 20.2 Å². The Labute approximate surface area is 125 Å². The molecule has 0 saturated heterocycles. The van der Waals surface area contributed by atoms with Crippen molar-refractivity contribution in [2.24, 2.45) is 0 Å². The molecule has 6 heteroatoms. The molecule has 2 rings (SSSR count). The second kappa shape index (κ2) is 6.67. The summed E-state index contributed by atoms with van der Waals surface area (Å²) in [5, 5.41) is 3.30. The van der Waals surface area contributed by atoms with Crippen LogP contribution < -0.4 is 5.32 Å². The maximum atomic E-state index is 12.0. The Morgan fingerprint density at radius 3 is 2.86 bits per heavy atom. The molecule has 0 atom stereocenters. The molecule has 0 radical (unpaired) electrons. The van der Waals surface area contributed by atoms with Crippen LogP contribution in [0.2, 0.25) is 0 Å². The van der Waals surface area contributed by atoms with Gasteiger partial charge in [-0.15, -0.1) is 0 Å². The van der Waals surface area contributed by atoms with Gasteiger partial charge in [-0.25, -0.2) is 14.8 Å². The van der Waals surface area contributed by atoms with Crippen LogP contribution in [-0.4, -0.2) is 54.6 Å². The van der Waals surface area contributed by atoms with Gasteiger partial charge in [-0.3, -0.25) is 0 Å². The highest BCUT2D eigenvalue weighted by Crippen LogP contribution is 2.32. The number of rotatable bonds is 6. The minimum atomic E-state index is -0.306. The van der Waals surface area contributed by atoms with Gasteiger partial charge in [-0.2, -0.15) is 0 Å². The molecular weight excluding hydrogens is 268 g/mol. The Morgan fingerprint density at radius 1 is 1.43 bits per heavy atom. The zero-order chi connectivity index (χ0) is 15.4. The lowest BCUT2D eigenvalue weighted by atomic mass is 10.1. The van der Waals surface area contributed by atoms with Gasteiger partial charge >= 0.3 is 5.97 Å². The highest BCUT2D eigenvalue weighted by atomic mass is 16.5. The normalized spacial score (nSPS) is 13.1. The minimum absolute atomic E-state index is 0.306. The fraction of sp³-hybridized carbons (Fsp3) is 0.533. The van der Waals surface area contributed by atoms with Gasteiger partial charge in [0.1, 0.15) is 11.6 Å². The number of allylic oxidation sites excluding steroid dienone is 1. The number of aromatic nitrogens is 2. The summed E-state index contributed by atoms with van der Waals surface area (Å²) in [4.78, 5) is 23.0. The number of aryl methyl sites for hydroxylation is 1. The number of carbonyl (C=O) groups excluding carboxylic acids is 1. The van der Waals surface area contributed by atoms with Crippen molar-refractivity contribution in [3.63, 3.8) is 0 Å². The van der Waals surface area contributed by atoms with Crippen LogP contribution in [0.3, 0.4) is 0 Å². The van der Waals surface area contributed by atoms with Crippen LogP contribution in [0.1, 0.15) is 24.0 Å². The molecule has 0 bridgehead atoms. The molecule has 1 heterocycles. The first kappa shape index (κ1) is 15.4. The van der Waals surface area contributed by atoms with Crippen LogP contribution >= 0.6 is 0 Å². The average molecular weight is 290 g/mol. The van der Waals surface area contributed by atoms with Gasteiger partial charge in [-0.1, -0.05) is 6.08 Å². The lowest BCUT2D eigenvalue weighted by molar-refractivity contribution is -0.136. The van der Waals surface area contributed by atoms with Gasteiger partial charge in [0.2, 0.25) is 0 Å². The van der Waals surface area contributed by atoms with E-state index in [1.807, 2.05) is 27.1 Å². The molecule has 1 aliphatic carbocycles. The molecule has 0 spiro atoms. The minimum Gasteiger partial charge on any atom is -0.462 e. The molecule has 0 saturated carbocycles. The third-order valence-electron chi connectivity index (χ3n) is 3.21. The summed E-state index contributed by atoms with van der Waals surface area (Å²) in [6.45, 7) is 5.67. The Bertz CT molecular complexity index is 567. The second-order valence-corrected chi connectivity index (χ2v) is 5.21. The van der Waals surface area contributed by atoms with Crippen molar-refractivity contribution in [1.82, 2.24) is 14.9 Å². The first-order valence-corrected chi connectivity index (χ1v) is 7.16. The van der Waals surface area contributed by atoms with E-state index >= 15 is 0 Å². The molecule has 0 amide bonds. The summed E-state index contributed by atoms with van der Waals surface area (Å²) in [7, 11) is 4.03. The molecule has 1 aromatic rings. The predicted molar refractivity (Wildman–Crippen MR) is 82.1 cm³/mol. The van der Waals surface area contributed by atoms with Crippen molar-refractivity contribution in [1.29, 1.82) is 0 Å². The fourth-order valence-electron chi connectivity index (χ4n) is 2.28. The van der Waals surface area contributed by atoms with Crippen molar-refractivity contribution >= 4 is 17.4 Å². The average Bonchev–Trinajstić information content (AvgIpc) is 2.82. The monoisotopic (exact) mass is 290 g/mol. The van der Waals surface area contributed by atoms with Gasteiger partial charge < -0.3 is 15.0 Å². The van der Waals surface area contributed by atoms with Crippen LogP contribution in [0, 0.1) is 6.92 Å². The van der Waals surface area contributed by atoms with E-state index < -0.39 is 0 Å². The highest BCUT2D eigenvalue weighted by molar-refractivity contribution is 6.19. The molecule has 21 heavy (non-hydrogen) atoms. The van der Waals surface area contributed by atoms with Crippen LogP contribution in [0.25, 0.3) is 5.57 Å². The summed E-state index contributed by atoms with van der Waals surface area (Å²) in [5.41, 5.74) is 2.25. The van der Waals surface area contributed by atoms with Gasteiger partial charge in [0.05, 0.1) is 23.4 Å². The summed E-state index contributed by atoms with van der Waals surface area (Å²) < 4.78 is 5.11. The summed E-state index contributed by atoms with van der Waals surface area (Å²) in [6, 6.07) is 0. The second-order valence-electron chi connectivity index (χ2n) is 5.21. The van der Waals surface area contributed by atoms with Crippen molar-refractivity contribution in [3.8, 4) is 0 Å². The molecule has 0 fully saturated rings. The van der Waals surface area contributed by atoms with Gasteiger partial charge in [0.25, 0.3) is 0 Å². The van der Waals surface area contributed by atoms with E-state index in [0.29, 0.717) is 24.4 Å². The number of nitrogens with zero attached hydrogens (tertiary/aromatic N) is 3. The molecule has 6 nitrogen and oxygen atoms in total. The third kappa shape index (κ3) is 3.58. The number of hydrogen-bond acceptors (Lipinski definition) is 6. The van der Waals surface area contributed by atoms with Gasteiger partial charge in [0.15, 0.2) is 0 Å². The van der Waals surface area contributed by atoms with E-state index in [-0.39, 0.29) is 5.97 Å². The number of fused-ring (bicyclic) bond motifs is 1. The lowest BCUT2D eigenvalue weighted by Gasteiger charge is -2.15. The van der Waals surface area contributed by atoms with Crippen molar-refractivity contribution in [2.75, 3.05) is 39.1 Å². The van der Waals surface area contributed by atoms with Crippen molar-refractivity contribution in [2.45, 2.75) is 20.3 Å². The van der Waals surface area contributed by atoms with Gasteiger partial charge in [0, 0.05) is 19.5 Å². The van der Waals surface area contributed by atoms with E-state index in [0.717, 1.165) is 30.2 Å². The van der Waals surface area contributed by atoms with Crippen molar-refractivity contribution < 1.29 is 9.53 Å². The fourth-order valence-corrected chi connectivity index (χ4v) is 2.28. The largest absolute Gasteiger partial charge is 0.462 e. The SMILES string of the molecule is CCOC(=O)C1=CCc2nc(C)nc(NCCN(C)C)c21. The molecule has 0 aliphatic heterocycles. The molecule has 1 aromatic heterocycles. The molecule has 0 unspecified atom stereocenters.